The van der Waals surface area contributed by atoms with Crippen LogP contribution in [0.1, 0.15) is 30.4 Å². The second-order valence-electron chi connectivity index (χ2n) is 8.42. The maximum atomic E-state index is 12.7. The third-order valence-electron chi connectivity index (χ3n) is 6.58. The number of nitrogens with zero attached hydrogens (tertiary/aromatic N) is 1. The lowest BCUT2D eigenvalue weighted by atomic mass is 9.90. The fourth-order valence-corrected chi connectivity index (χ4v) is 5.04. The number of aryl methyl sites for hydroxylation is 1. The predicted molar refractivity (Wildman–Crippen MR) is 120 cm³/mol. The Balaban J connectivity index is 1.28. The van der Waals surface area contributed by atoms with Gasteiger partial charge >= 0.3 is 0 Å². The lowest BCUT2D eigenvalue weighted by Crippen LogP contribution is -2.35. The van der Waals surface area contributed by atoms with Crippen molar-refractivity contribution in [3.05, 3.63) is 53.6 Å². The molecular weight excluding hydrogens is 380 g/mol. The van der Waals surface area contributed by atoms with Gasteiger partial charge in [0, 0.05) is 23.0 Å². The summed E-state index contributed by atoms with van der Waals surface area (Å²) in [5.41, 5.74) is 3.65. The SMILES string of the molecule is COc1ccc(CN2CCC3(CC2)CC3C(=O)Nc2ccc(SC)cc2)cc1C. The van der Waals surface area contributed by atoms with Crippen LogP contribution < -0.4 is 10.1 Å². The van der Waals surface area contributed by atoms with Crippen LogP contribution in [-0.4, -0.2) is 37.3 Å². The predicted octanol–water partition coefficient (Wildman–Crippen LogP) is 4.97. The Morgan fingerprint density at radius 3 is 2.55 bits per heavy atom. The number of likely N-dealkylation sites (tertiary alicyclic amines) is 1. The Hall–Kier alpha value is -1.98. The standard InChI is InChI=1S/C24H30N2O2S/c1-17-14-18(4-9-22(17)28-2)16-26-12-10-24(11-13-26)15-21(24)23(27)25-19-5-7-20(29-3)8-6-19/h4-9,14,21H,10-13,15-16H2,1-3H3,(H,25,27). The number of methoxy groups -OCH3 is 1. The second-order valence-corrected chi connectivity index (χ2v) is 9.30. The van der Waals surface area contributed by atoms with E-state index in [4.69, 9.17) is 4.74 Å². The molecule has 1 unspecified atom stereocenters. The van der Waals surface area contributed by atoms with Gasteiger partial charge in [0.05, 0.1) is 7.11 Å². The van der Waals surface area contributed by atoms with Crippen LogP contribution in [0.15, 0.2) is 47.4 Å². The van der Waals surface area contributed by atoms with Gasteiger partial charge < -0.3 is 10.1 Å². The highest BCUT2D eigenvalue weighted by atomic mass is 32.2. The fourth-order valence-electron chi connectivity index (χ4n) is 4.63. The Bertz CT molecular complexity index is 873. The van der Waals surface area contributed by atoms with Crippen LogP contribution in [0, 0.1) is 18.3 Å². The third-order valence-corrected chi connectivity index (χ3v) is 7.32. The topological polar surface area (TPSA) is 41.6 Å². The first-order valence-corrected chi connectivity index (χ1v) is 11.6. The van der Waals surface area contributed by atoms with Gasteiger partial charge in [-0.3, -0.25) is 9.69 Å². The van der Waals surface area contributed by atoms with Crippen LogP contribution >= 0.6 is 11.8 Å². The van der Waals surface area contributed by atoms with Crippen LogP contribution in [0.25, 0.3) is 0 Å². The van der Waals surface area contributed by atoms with Crippen LogP contribution in [0.3, 0.4) is 0 Å². The minimum Gasteiger partial charge on any atom is -0.496 e. The number of carbonyl (C=O) groups is 1. The number of nitrogens with one attached hydrogen (secondary N) is 1. The van der Waals surface area contributed by atoms with E-state index in [1.54, 1.807) is 18.9 Å². The molecule has 1 saturated carbocycles. The highest BCUT2D eigenvalue weighted by Crippen LogP contribution is 2.59. The van der Waals surface area contributed by atoms with Gasteiger partial charge in [-0.25, -0.2) is 0 Å². The Morgan fingerprint density at radius 2 is 1.93 bits per heavy atom. The van der Waals surface area contributed by atoms with E-state index in [1.807, 2.05) is 12.1 Å². The number of rotatable bonds is 6. The van der Waals surface area contributed by atoms with Gasteiger partial charge in [-0.2, -0.15) is 0 Å². The molecule has 1 amide bonds. The molecule has 1 saturated heterocycles. The molecule has 4 nitrogen and oxygen atoms in total. The number of hydrogen-bond acceptors (Lipinski definition) is 4. The molecule has 2 aliphatic rings. The molecule has 5 heteroatoms. The largest absolute Gasteiger partial charge is 0.496 e. The molecule has 154 valence electrons. The first-order chi connectivity index (χ1) is 14.0. The highest BCUT2D eigenvalue weighted by molar-refractivity contribution is 7.98. The van der Waals surface area contributed by atoms with E-state index in [-0.39, 0.29) is 17.2 Å². The van der Waals surface area contributed by atoms with Crippen LogP contribution in [-0.2, 0) is 11.3 Å². The summed E-state index contributed by atoms with van der Waals surface area (Å²) in [5, 5.41) is 3.12. The van der Waals surface area contributed by atoms with Crippen molar-refractivity contribution in [2.45, 2.75) is 37.6 Å². The molecule has 1 atom stereocenters. The molecule has 2 aromatic rings. The molecule has 2 aromatic carbocycles. The minimum absolute atomic E-state index is 0.174. The zero-order chi connectivity index (χ0) is 20.4. The number of amides is 1. The van der Waals surface area contributed by atoms with E-state index in [9.17, 15) is 4.79 Å². The molecule has 1 heterocycles. The average Bonchev–Trinajstić information content (AvgIpc) is 3.44. The summed E-state index contributed by atoms with van der Waals surface area (Å²) in [5.74, 6) is 1.32. The van der Waals surface area contributed by atoms with Crippen molar-refractivity contribution in [1.29, 1.82) is 0 Å². The maximum Gasteiger partial charge on any atom is 0.228 e. The number of anilines is 1. The van der Waals surface area contributed by atoms with E-state index < -0.39 is 0 Å². The molecule has 1 N–H and O–H groups in total. The number of piperidine rings is 1. The van der Waals surface area contributed by atoms with E-state index >= 15 is 0 Å². The van der Waals surface area contributed by atoms with Gasteiger partial charge in [0.1, 0.15) is 5.75 Å². The third kappa shape index (κ3) is 4.46. The molecule has 1 spiro atoms. The second kappa shape index (κ2) is 8.41. The van der Waals surface area contributed by atoms with Gasteiger partial charge in [0.25, 0.3) is 0 Å². The smallest absolute Gasteiger partial charge is 0.228 e. The average molecular weight is 411 g/mol. The Morgan fingerprint density at radius 1 is 1.21 bits per heavy atom. The van der Waals surface area contributed by atoms with Crippen LogP contribution in [0.5, 0.6) is 5.75 Å². The van der Waals surface area contributed by atoms with Gasteiger partial charge in [-0.15, -0.1) is 11.8 Å². The molecule has 2 fully saturated rings. The number of thioether (sulfide) groups is 1. The van der Waals surface area contributed by atoms with Crippen molar-refractivity contribution in [3.63, 3.8) is 0 Å². The zero-order valence-corrected chi connectivity index (χ0v) is 18.3. The van der Waals surface area contributed by atoms with Crippen molar-refractivity contribution in [2.24, 2.45) is 11.3 Å². The molecule has 1 aliphatic heterocycles. The van der Waals surface area contributed by atoms with Gasteiger partial charge in [-0.05, 0) is 92.4 Å². The molecule has 4 rings (SSSR count). The summed E-state index contributed by atoms with van der Waals surface area (Å²) < 4.78 is 5.36. The zero-order valence-electron chi connectivity index (χ0n) is 17.5. The normalized spacial score (nSPS) is 20.4. The highest BCUT2D eigenvalue weighted by Gasteiger charge is 2.58. The quantitative estimate of drug-likeness (QED) is 0.683. The summed E-state index contributed by atoms with van der Waals surface area (Å²) in [6.45, 7) is 5.20. The van der Waals surface area contributed by atoms with E-state index in [2.05, 4.69) is 53.7 Å². The fraction of sp³-hybridized carbons (Fsp3) is 0.458. The Kier molecular flexibility index (Phi) is 5.88. The van der Waals surface area contributed by atoms with E-state index in [0.717, 1.165) is 50.3 Å². The number of ether oxygens (including phenoxy) is 1. The molecule has 0 radical (unpaired) electrons. The van der Waals surface area contributed by atoms with Gasteiger partial charge in [0.15, 0.2) is 0 Å². The summed E-state index contributed by atoms with van der Waals surface area (Å²) in [6, 6.07) is 14.6. The monoisotopic (exact) mass is 410 g/mol. The molecule has 1 aliphatic carbocycles. The molecule has 0 aromatic heterocycles. The van der Waals surface area contributed by atoms with Crippen LogP contribution in [0.2, 0.25) is 0 Å². The summed E-state index contributed by atoms with van der Waals surface area (Å²) in [6.07, 6.45) is 5.33. The van der Waals surface area contributed by atoms with Crippen molar-refractivity contribution < 1.29 is 9.53 Å². The summed E-state index contributed by atoms with van der Waals surface area (Å²) in [7, 11) is 1.72. The number of benzene rings is 2. The van der Waals surface area contributed by atoms with Crippen LogP contribution in [0.4, 0.5) is 5.69 Å². The molecule has 29 heavy (non-hydrogen) atoms. The lowest BCUT2D eigenvalue weighted by molar-refractivity contribution is -0.118. The number of hydrogen-bond donors (Lipinski definition) is 1. The van der Waals surface area contributed by atoms with Crippen molar-refractivity contribution >= 4 is 23.4 Å². The Labute approximate surface area is 178 Å². The lowest BCUT2D eigenvalue weighted by Gasteiger charge is -2.33. The summed E-state index contributed by atoms with van der Waals surface area (Å²) >= 11 is 1.71. The number of carbonyl (C=O) groups excluding carboxylic acids is 1. The van der Waals surface area contributed by atoms with Gasteiger partial charge in [0.2, 0.25) is 5.91 Å². The minimum atomic E-state index is 0.174. The van der Waals surface area contributed by atoms with Crippen molar-refractivity contribution in [2.75, 3.05) is 31.8 Å². The first-order valence-electron chi connectivity index (χ1n) is 10.3. The van der Waals surface area contributed by atoms with E-state index in [1.165, 1.54) is 16.0 Å². The first kappa shape index (κ1) is 20.3. The molecule has 0 bridgehead atoms. The summed E-state index contributed by atoms with van der Waals surface area (Å²) in [4.78, 5) is 16.5. The maximum absolute atomic E-state index is 12.7. The van der Waals surface area contributed by atoms with Gasteiger partial charge in [-0.1, -0.05) is 12.1 Å². The van der Waals surface area contributed by atoms with Crippen molar-refractivity contribution in [3.8, 4) is 5.75 Å². The van der Waals surface area contributed by atoms with E-state index in [0.29, 0.717) is 0 Å². The van der Waals surface area contributed by atoms with Crippen molar-refractivity contribution in [1.82, 2.24) is 4.90 Å². The molecular formula is C24H30N2O2S.